The van der Waals surface area contributed by atoms with Gasteiger partial charge in [-0.25, -0.2) is 9.38 Å². The van der Waals surface area contributed by atoms with Crippen LogP contribution in [0.1, 0.15) is 18.1 Å². The Morgan fingerprint density at radius 3 is 2.73 bits per heavy atom. The summed E-state index contributed by atoms with van der Waals surface area (Å²) in [5, 5.41) is 0.542. The van der Waals surface area contributed by atoms with Gasteiger partial charge in [0.15, 0.2) is 5.60 Å². The summed E-state index contributed by atoms with van der Waals surface area (Å²) >= 11 is 6.45. The molecule has 0 radical (unpaired) electrons. The Labute approximate surface area is 158 Å². The molecule has 138 valence electrons. The van der Waals surface area contributed by atoms with Gasteiger partial charge in [-0.05, 0) is 43.7 Å². The van der Waals surface area contributed by atoms with Crippen molar-refractivity contribution in [2.24, 2.45) is 4.99 Å². The molecule has 1 heterocycles. The van der Waals surface area contributed by atoms with Gasteiger partial charge in [0.2, 0.25) is 0 Å². The Kier molecular flexibility index (Phi) is 5.49. The van der Waals surface area contributed by atoms with E-state index in [4.69, 9.17) is 21.1 Å². The lowest BCUT2D eigenvalue weighted by atomic mass is 9.88. The summed E-state index contributed by atoms with van der Waals surface area (Å²) < 4.78 is 25.0. The molecule has 1 aliphatic heterocycles. The van der Waals surface area contributed by atoms with Gasteiger partial charge in [0.1, 0.15) is 11.6 Å². The van der Waals surface area contributed by atoms with Gasteiger partial charge >= 0.3 is 0 Å². The van der Waals surface area contributed by atoms with Crippen LogP contribution in [-0.2, 0) is 10.3 Å². The summed E-state index contributed by atoms with van der Waals surface area (Å²) in [5.41, 5.74) is 1.97. The minimum absolute atomic E-state index is 0.336. The van der Waals surface area contributed by atoms with E-state index in [1.165, 1.54) is 12.1 Å². The fraction of sp³-hybridized carbons (Fsp3) is 0.350. The monoisotopic (exact) mass is 376 g/mol. The molecule has 0 unspecified atom stereocenters. The van der Waals surface area contributed by atoms with Crippen LogP contribution in [0.3, 0.4) is 0 Å². The first-order valence-corrected chi connectivity index (χ1v) is 8.89. The zero-order valence-electron chi connectivity index (χ0n) is 15.1. The van der Waals surface area contributed by atoms with Crippen molar-refractivity contribution in [1.82, 2.24) is 4.90 Å². The van der Waals surface area contributed by atoms with Gasteiger partial charge < -0.3 is 14.4 Å². The van der Waals surface area contributed by atoms with E-state index in [-0.39, 0.29) is 5.82 Å². The first-order valence-electron chi connectivity index (χ1n) is 8.51. The van der Waals surface area contributed by atoms with Crippen LogP contribution in [-0.4, -0.2) is 38.0 Å². The molecule has 3 rings (SSSR count). The molecule has 1 aliphatic rings. The van der Waals surface area contributed by atoms with Crippen LogP contribution < -0.4 is 4.74 Å². The van der Waals surface area contributed by atoms with Crippen molar-refractivity contribution >= 4 is 23.6 Å². The van der Waals surface area contributed by atoms with Gasteiger partial charge in [-0.15, -0.1) is 0 Å². The number of rotatable bonds is 6. The van der Waals surface area contributed by atoms with Crippen LogP contribution in [0.15, 0.2) is 41.4 Å². The van der Waals surface area contributed by atoms with Crippen molar-refractivity contribution in [2.45, 2.75) is 19.4 Å². The van der Waals surface area contributed by atoms with Crippen LogP contribution in [0.2, 0.25) is 5.02 Å². The summed E-state index contributed by atoms with van der Waals surface area (Å²) in [6.45, 7) is 5.68. The summed E-state index contributed by atoms with van der Waals surface area (Å²) in [5.74, 6) is 0.132. The number of aryl methyl sites for hydroxylation is 1. The standard InChI is InChI=1S/C20H22ClFN2O2/c1-4-24(3)13-23-19-8-14(2)17(10-18(19)21)20(11-25-12-20)26-16-7-5-6-15(22)9-16/h5-10,13H,4,11-12H2,1-3H3. The Morgan fingerprint density at radius 2 is 2.12 bits per heavy atom. The molecule has 6 heteroatoms. The zero-order chi connectivity index (χ0) is 18.7. The van der Waals surface area contributed by atoms with Gasteiger partial charge in [-0.1, -0.05) is 17.7 Å². The Hall–Kier alpha value is -2.11. The van der Waals surface area contributed by atoms with Gasteiger partial charge in [-0.2, -0.15) is 0 Å². The van der Waals surface area contributed by atoms with Crippen molar-refractivity contribution in [3.8, 4) is 5.75 Å². The van der Waals surface area contributed by atoms with E-state index >= 15 is 0 Å². The fourth-order valence-corrected chi connectivity index (χ4v) is 3.02. The number of ether oxygens (including phenoxy) is 2. The van der Waals surface area contributed by atoms with Gasteiger partial charge in [0, 0.05) is 25.2 Å². The molecule has 4 nitrogen and oxygen atoms in total. The molecule has 26 heavy (non-hydrogen) atoms. The van der Waals surface area contributed by atoms with Crippen molar-refractivity contribution < 1.29 is 13.9 Å². The molecular weight excluding hydrogens is 355 g/mol. The lowest BCUT2D eigenvalue weighted by molar-refractivity contribution is -0.168. The molecule has 2 aromatic rings. The predicted molar refractivity (Wildman–Crippen MR) is 102 cm³/mol. The predicted octanol–water partition coefficient (Wildman–Crippen LogP) is 4.70. The van der Waals surface area contributed by atoms with Crippen molar-refractivity contribution in [2.75, 3.05) is 26.8 Å². The lowest BCUT2D eigenvalue weighted by Gasteiger charge is -2.42. The molecule has 1 saturated heterocycles. The minimum atomic E-state index is -0.663. The highest BCUT2D eigenvalue weighted by molar-refractivity contribution is 6.33. The van der Waals surface area contributed by atoms with Crippen LogP contribution in [0.4, 0.5) is 10.1 Å². The fourth-order valence-electron chi connectivity index (χ4n) is 2.81. The highest BCUT2D eigenvalue weighted by Gasteiger charge is 2.44. The minimum Gasteiger partial charge on any atom is -0.478 e. The Balaban J connectivity index is 1.91. The number of halogens is 2. The average Bonchev–Trinajstić information content (AvgIpc) is 2.58. The largest absolute Gasteiger partial charge is 0.478 e. The number of benzene rings is 2. The van der Waals surface area contributed by atoms with Crippen LogP contribution >= 0.6 is 11.6 Å². The van der Waals surface area contributed by atoms with Crippen molar-refractivity contribution in [3.05, 3.63) is 58.4 Å². The highest BCUT2D eigenvalue weighted by atomic mass is 35.5. The SMILES string of the molecule is CCN(C)C=Nc1cc(C)c(C2(Oc3cccc(F)c3)COC2)cc1Cl. The second-order valence-corrected chi connectivity index (χ2v) is 6.89. The molecule has 0 atom stereocenters. The Bertz CT molecular complexity index is 821. The van der Waals surface area contributed by atoms with Crippen LogP contribution in [0, 0.1) is 12.7 Å². The molecule has 0 bridgehead atoms. The van der Waals surface area contributed by atoms with Crippen molar-refractivity contribution in [1.29, 1.82) is 0 Å². The normalized spacial score (nSPS) is 15.7. The number of hydrogen-bond donors (Lipinski definition) is 0. The molecular formula is C20H22ClFN2O2. The third-order valence-electron chi connectivity index (χ3n) is 4.46. The third kappa shape index (κ3) is 3.84. The summed E-state index contributed by atoms with van der Waals surface area (Å²) in [6.07, 6.45) is 1.76. The number of nitrogens with zero attached hydrogens (tertiary/aromatic N) is 2. The molecule has 0 spiro atoms. The van der Waals surface area contributed by atoms with E-state index in [0.29, 0.717) is 29.7 Å². The maximum Gasteiger partial charge on any atom is 0.180 e. The molecule has 0 amide bonds. The smallest absolute Gasteiger partial charge is 0.180 e. The van der Waals surface area contributed by atoms with Crippen LogP contribution in [0.25, 0.3) is 0 Å². The molecule has 0 aromatic heterocycles. The quantitative estimate of drug-likeness (QED) is 0.541. The van der Waals surface area contributed by atoms with E-state index < -0.39 is 5.60 Å². The summed E-state index contributed by atoms with van der Waals surface area (Å²) in [6, 6.07) is 9.93. The van der Waals surface area contributed by atoms with Gasteiger partial charge in [-0.3, -0.25) is 0 Å². The van der Waals surface area contributed by atoms with E-state index in [1.54, 1.807) is 18.5 Å². The van der Waals surface area contributed by atoms with Gasteiger partial charge in [0.25, 0.3) is 0 Å². The maximum absolute atomic E-state index is 13.5. The molecule has 2 aromatic carbocycles. The second-order valence-electron chi connectivity index (χ2n) is 6.48. The number of hydrogen-bond acceptors (Lipinski definition) is 3. The number of aliphatic imine (C=N–C) groups is 1. The van der Waals surface area contributed by atoms with E-state index in [1.807, 2.05) is 37.9 Å². The lowest BCUT2D eigenvalue weighted by Crippen LogP contribution is -2.52. The van der Waals surface area contributed by atoms with Gasteiger partial charge in [0.05, 0.1) is 30.3 Å². The summed E-state index contributed by atoms with van der Waals surface area (Å²) in [7, 11) is 1.95. The highest BCUT2D eigenvalue weighted by Crippen LogP contribution is 2.40. The average molecular weight is 377 g/mol. The molecule has 0 N–H and O–H groups in total. The second kappa shape index (κ2) is 7.64. The Morgan fingerprint density at radius 1 is 1.35 bits per heavy atom. The summed E-state index contributed by atoms with van der Waals surface area (Å²) in [4.78, 5) is 6.41. The molecule has 1 fully saturated rings. The third-order valence-corrected chi connectivity index (χ3v) is 4.76. The zero-order valence-corrected chi connectivity index (χ0v) is 15.9. The first-order chi connectivity index (χ1) is 12.4. The topological polar surface area (TPSA) is 34.1 Å². The van der Waals surface area contributed by atoms with E-state index in [9.17, 15) is 4.39 Å². The molecule has 0 aliphatic carbocycles. The van der Waals surface area contributed by atoms with Crippen LogP contribution in [0.5, 0.6) is 5.75 Å². The van der Waals surface area contributed by atoms with E-state index in [0.717, 1.165) is 17.7 Å². The van der Waals surface area contributed by atoms with E-state index in [2.05, 4.69) is 4.99 Å². The molecule has 0 saturated carbocycles. The van der Waals surface area contributed by atoms with Crippen molar-refractivity contribution in [3.63, 3.8) is 0 Å². The first kappa shape index (κ1) is 18.7. The maximum atomic E-state index is 13.5.